The van der Waals surface area contributed by atoms with E-state index in [4.69, 9.17) is 4.74 Å². The molecule has 0 amide bonds. The maximum absolute atomic E-state index is 5.29. The maximum Gasteiger partial charge on any atom is 0.322 e. The van der Waals surface area contributed by atoms with Gasteiger partial charge in [-0.2, -0.15) is 15.0 Å². The van der Waals surface area contributed by atoms with Crippen molar-refractivity contribution < 1.29 is 4.74 Å². The number of aromatic nitrogens is 3. The predicted molar refractivity (Wildman–Crippen MR) is 69.8 cm³/mol. The molecule has 17 heavy (non-hydrogen) atoms. The first-order valence-electron chi connectivity index (χ1n) is 5.50. The van der Waals surface area contributed by atoms with Crippen molar-refractivity contribution in [3.63, 3.8) is 0 Å². The zero-order valence-corrected chi connectivity index (χ0v) is 11.5. The summed E-state index contributed by atoms with van der Waals surface area (Å²) in [6.45, 7) is 3.44. The van der Waals surface area contributed by atoms with Gasteiger partial charge in [0.25, 0.3) is 0 Å². The third-order valence-electron chi connectivity index (χ3n) is 1.86. The van der Waals surface area contributed by atoms with Gasteiger partial charge in [-0.3, -0.25) is 0 Å². The van der Waals surface area contributed by atoms with Crippen molar-refractivity contribution in [2.45, 2.75) is 12.1 Å². The Morgan fingerprint density at radius 3 is 2.65 bits per heavy atom. The van der Waals surface area contributed by atoms with Crippen LogP contribution >= 0.6 is 11.8 Å². The van der Waals surface area contributed by atoms with Crippen LogP contribution in [0.5, 0.6) is 6.01 Å². The monoisotopic (exact) mass is 257 g/mol. The molecular formula is C10H19N5OS. The number of ether oxygens (including phenoxy) is 1. The molecule has 0 bridgehead atoms. The van der Waals surface area contributed by atoms with E-state index in [0.29, 0.717) is 23.7 Å². The third kappa shape index (κ3) is 5.18. The molecule has 0 saturated carbocycles. The topological polar surface area (TPSA) is 63.2 Å². The van der Waals surface area contributed by atoms with E-state index in [-0.39, 0.29) is 0 Å². The number of hydrogen-bond donors (Lipinski definition) is 1. The van der Waals surface area contributed by atoms with Crippen molar-refractivity contribution in [3.8, 4) is 6.01 Å². The second kappa shape index (κ2) is 7.29. The lowest BCUT2D eigenvalue weighted by molar-refractivity contribution is 0.308. The van der Waals surface area contributed by atoms with E-state index in [1.165, 1.54) is 0 Å². The summed E-state index contributed by atoms with van der Waals surface area (Å²) in [5.74, 6) is 1.47. The van der Waals surface area contributed by atoms with Crippen LogP contribution in [0.1, 0.15) is 6.92 Å². The van der Waals surface area contributed by atoms with Crippen LogP contribution in [0.15, 0.2) is 5.16 Å². The van der Waals surface area contributed by atoms with Gasteiger partial charge in [0.15, 0.2) is 5.16 Å². The molecule has 7 heteroatoms. The van der Waals surface area contributed by atoms with Crippen molar-refractivity contribution in [2.24, 2.45) is 0 Å². The molecule has 0 spiro atoms. The van der Waals surface area contributed by atoms with Crippen LogP contribution in [0, 0.1) is 0 Å². The normalized spacial score (nSPS) is 10.6. The van der Waals surface area contributed by atoms with E-state index in [2.05, 4.69) is 25.2 Å². The fourth-order valence-electron chi connectivity index (χ4n) is 1.03. The summed E-state index contributed by atoms with van der Waals surface area (Å²) in [5.41, 5.74) is 0. The van der Waals surface area contributed by atoms with Gasteiger partial charge in [0.05, 0.1) is 6.61 Å². The molecule has 1 heterocycles. The highest BCUT2D eigenvalue weighted by Gasteiger charge is 2.06. The van der Waals surface area contributed by atoms with E-state index in [1.54, 1.807) is 18.8 Å². The van der Waals surface area contributed by atoms with Gasteiger partial charge in [-0.05, 0) is 21.0 Å². The summed E-state index contributed by atoms with van der Waals surface area (Å²) >= 11 is 1.59. The molecule has 0 saturated heterocycles. The molecule has 1 N–H and O–H groups in total. The fraction of sp³-hybridized carbons (Fsp3) is 0.700. The standard InChI is InChI=1S/C10H19N5OS/c1-5-16-9-12-8(11-2)13-10(14-9)17-7-6-15(3)4/h5-7H2,1-4H3,(H,11,12,13,14). The minimum Gasteiger partial charge on any atom is -0.464 e. The fourth-order valence-corrected chi connectivity index (χ4v) is 1.96. The molecule has 0 aromatic carbocycles. The van der Waals surface area contributed by atoms with Crippen LogP contribution in [-0.2, 0) is 0 Å². The van der Waals surface area contributed by atoms with Crippen molar-refractivity contribution in [1.82, 2.24) is 19.9 Å². The first-order valence-corrected chi connectivity index (χ1v) is 6.48. The number of rotatable bonds is 7. The number of anilines is 1. The van der Waals surface area contributed by atoms with Crippen LogP contribution in [0.25, 0.3) is 0 Å². The lowest BCUT2D eigenvalue weighted by Gasteiger charge is -2.09. The zero-order chi connectivity index (χ0) is 12.7. The lowest BCUT2D eigenvalue weighted by Crippen LogP contribution is -2.15. The molecule has 0 fully saturated rings. The summed E-state index contributed by atoms with van der Waals surface area (Å²) in [5, 5.41) is 3.59. The van der Waals surface area contributed by atoms with Gasteiger partial charge < -0.3 is 15.0 Å². The third-order valence-corrected chi connectivity index (χ3v) is 2.69. The van der Waals surface area contributed by atoms with Gasteiger partial charge in [-0.15, -0.1) is 0 Å². The Hall–Kier alpha value is -1.08. The highest BCUT2D eigenvalue weighted by atomic mass is 32.2. The number of nitrogens with one attached hydrogen (secondary N) is 1. The quantitative estimate of drug-likeness (QED) is 0.730. The highest BCUT2D eigenvalue weighted by molar-refractivity contribution is 7.99. The van der Waals surface area contributed by atoms with Crippen LogP contribution in [0.4, 0.5) is 5.95 Å². The molecule has 0 radical (unpaired) electrons. The van der Waals surface area contributed by atoms with Crippen LogP contribution in [0.2, 0.25) is 0 Å². The molecule has 6 nitrogen and oxygen atoms in total. The van der Waals surface area contributed by atoms with E-state index < -0.39 is 0 Å². The maximum atomic E-state index is 5.29. The Balaban J connectivity index is 2.66. The van der Waals surface area contributed by atoms with Crippen molar-refractivity contribution >= 4 is 17.7 Å². The van der Waals surface area contributed by atoms with Gasteiger partial charge in [0, 0.05) is 19.3 Å². The zero-order valence-electron chi connectivity index (χ0n) is 10.7. The van der Waals surface area contributed by atoms with Gasteiger partial charge in [0.2, 0.25) is 5.95 Å². The van der Waals surface area contributed by atoms with E-state index in [9.17, 15) is 0 Å². The van der Waals surface area contributed by atoms with E-state index in [0.717, 1.165) is 12.3 Å². The molecule has 0 aliphatic carbocycles. The molecule has 1 aromatic rings. The van der Waals surface area contributed by atoms with Crippen molar-refractivity contribution in [1.29, 1.82) is 0 Å². The Bertz CT molecular complexity index is 347. The highest BCUT2D eigenvalue weighted by Crippen LogP contribution is 2.17. The first kappa shape index (κ1) is 14.0. The molecule has 1 aromatic heterocycles. The van der Waals surface area contributed by atoms with Gasteiger partial charge in [-0.25, -0.2) is 0 Å². The van der Waals surface area contributed by atoms with Crippen molar-refractivity contribution in [2.75, 3.05) is 45.4 Å². The summed E-state index contributed by atoms with van der Waals surface area (Å²) in [6, 6.07) is 0.374. The number of thioether (sulfide) groups is 1. The Morgan fingerprint density at radius 1 is 1.29 bits per heavy atom. The second-order valence-corrected chi connectivity index (χ2v) is 4.62. The largest absolute Gasteiger partial charge is 0.464 e. The summed E-state index contributed by atoms with van der Waals surface area (Å²) in [6.07, 6.45) is 0. The minimum atomic E-state index is 0.374. The molecule has 96 valence electrons. The lowest BCUT2D eigenvalue weighted by atomic mass is 10.7. The summed E-state index contributed by atoms with van der Waals surface area (Å²) in [4.78, 5) is 14.7. The number of nitrogens with zero attached hydrogens (tertiary/aromatic N) is 4. The summed E-state index contributed by atoms with van der Waals surface area (Å²) in [7, 11) is 5.86. The average Bonchev–Trinajstić information content (AvgIpc) is 2.28. The Kier molecular flexibility index (Phi) is 5.99. The van der Waals surface area contributed by atoms with Gasteiger partial charge in [0.1, 0.15) is 0 Å². The van der Waals surface area contributed by atoms with Gasteiger partial charge >= 0.3 is 6.01 Å². The smallest absolute Gasteiger partial charge is 0.322 e. The summed E-state index contributed by atoms with van der Waals surface area (Å²) < 4.78 is 5.29. The second-order valence-electron chi connectivity index (χ2n) is 3.56. The number of hydrogen-bond acceptors (Lipinski definition) is 7. The molecule has 0 aliphatic rings. The van der Waals surface area contributed by atoms with Crippen LogP contribution < -0.4 is 10.1 Å². The average molecular weight is 257 g/mol. The van der Waals surface area contributed by atoms with E-state index >= 15 is 0 Å². The Morgan fingerprint density at radius 2 is 2.06 bits per heavy atom. The van der Waals surface area contributed by atoms with E-state index in [1.807, 2.05) is 21.0 Å². The Labute approximate surface area is 106 Å². The molecule has 0 unspecified atom stereocenters. The van der Waals surface area contributed by atoms with Crippen molar-refractivity contribution in [3.05, 3.63) is 0 Å². The predicted octanol–water partition coefficient (Wildman–Crippen LogP) is 0.966. The minimum absolute atomic E-state index is 0.374. The molecule has 0 atom stereocenters. The van der Waals surface area contributed by atoms with Crippen LogP contribution in [0.3, 0.4) is 0 Å². The van der Waals surface area contributed by atoms with Crippen LogP contribution in [-0.4, -0.2) is 59.9 Å². The molecular weight excluding hydrogens is 238 g/mol. The molecule has 0 aliphatic heterocycles. The SMILES string of the molecule is CCOc1nc(NC)nc(SCCN(C)C)n1. The van der Waals surface area contributed by atoms with Gasteiger partial charge in [-0.1, -0.05) is 11.8 Å². The first-order chi connectivity index (χ1) is 8.15. The molecule has 1 rings (SSSR count).